The number of carbonyl (C=O) groups is 1. The third-order valence-electron chi connectivity index (χ3n) is 1.42. The summed E-state index contributed by atoms with van der Waals surface area (Å²) in [4.78, 5) is 10.8. The fourth-order valence-corrected chi connectivity index (χ4v) is 1.35. The maximum atomic E-state index is 13.0. The summed E-state index contributed by atoms with van der Waals surface area (Å²) in [6, 6.07) is 1.60. The lowest BCUT2D eigenvalue weighted by atomic mass is 10.3. The molecule has 5 heteroatoms. The summed E-state index contributed by atoms with van der Waals surface area (Å²) >= 11 is 1.35. The normalized spacial score (nSPS) is 10.3. The zero-order chi connectivity index (χ0) is 11.3. The fourth-order valence-electron chi connectivity index (χ4n) is 0.759. The maximum absolute atomic E-state index is 13.0. The highest BCUT2D eigenvalue weighted by Crippen LogP contribution is 2.14. The van der Waals surface area contributed by atoms with E-state index in [-0.39, 0.29) is 6.61 Å². The van der Waals surface area contributed by atoms with Crippen LogP contribution >= 0.6 is 11.3 Å². The highest BCUT2D eigenvalue weighted by atomic mass is 32.1. The van der Waals surface area contributed by atoms with Crippen molar-refractivity contribution >= 4 is 17.3 Å². The van der Waals surface area contributed by atoms with Gasteiger partial charge in [-0.2, -0.15) is 20.1 Å². The van der Waals surface area contributed by atoms with Gasteiger partial charge in [0.05, 0.1) is 6.61 Å². The molecular weight excluding hydrogens is 222 g/mol. The minimum Gasteiger partial charge on any atom is -0.461 e. The molecule has 0 atom stereocenters. The lowest BCUT2D eigenvalue weighted by Gasteiger charge is -2.06. The van der Waals surface area contributed by atoms with Gasteiger partial charge in [-0.1, -0.05) is 5.92 Å². The Balaban J connectivity index is 2.75. The molecule has 1 rings (SSSR count). The summed E-state index contributed by atoms with van der Waals surface area (Å²) in [7, 11) is 0. The topological polar surface area (TPSA) is 26.3 Å². The molecule has 0 aliphatic heterocycles. The molecule has 15 heavy (non-hydrogen) atoms. The third-order valence-corrected chi connectivity index (χ3v) is 2.10. The molecule has 80 valence electrons. The van der Waals surface area contributed by atoms with Crippen LogP contribution in [0.2, 0.25) is 0 Å². The molecule has 0 aliphatic carbocycles. The van der Waals surface area contributed by atoms with Crippen LogP contribution in [0.4, 0.5) is 8.78 Å². The van der Waals surface area contributed by atoms with Gasteiger partial charge in [-0.3, -0.25) is 0 Å². The zero-order valence-corrected chi connectivity index (χ0v) is 8.74. The van der Waals surface area contributed by atoms with Gasteiger partial charge >= 0.3 is 11.9 Å². The van der Waals surface area contributed by atoms with Gasteiger partial charge in [-0.05, 0) is 24.3 Å². The van der Waals surface area contributed by atoms with Crippen LogP contribution in [0.25, 0.3) is 0 Å². The van der Waals surface area contributed by atoms with E-state index in [1.165, 1.54) is 18.3 Å². The Morgan fingerprint density at radius 1 is 1.67 bits per heavy atom. The van der Waals surface area contributed by atoms with E-state index in [1.807, 2.05) is 0 Å². The molecule has 1 heterocycles. The van der Waals surface area contributed by atoms with Crippen molar-refractivity contribution in [1.82, 2.24) is 0 Å². The van der Waals surface area contributed by atoms with Gasteiger partial charge in [0.25, 0.3) is 0 Å². The average Bonchev–Trinajstić information content (AvgIpc) is 2.68. The molecule has 0 N–H and O–H groups in total. The Hall–Kier alpha value is -1.41. The van der Waals surface area contributed by atoms with Gasteiger partial charge in [-0.15, -0.1) is 0 Å². The quantitative estimate of drug-likeness (QED) is 0.575. The summed E-state index contributed by atoms with van der Waals surface area (Å²) in [5, 5.41) is 3.33. The molecule has 0 bridgehead atoms. The smallest absolute Gasteiger partial charge is 0.403 e. The first kappa shape index (κ1) is 11.7. The first-order chi connectivity index (χ1) is 7.06. The predicted octanol–water partition coefficient (Wildman–Crippen LogP) is 2.30. The Bertz CT molecular complexity index is 387. The zero-order valence-electron chi connectivity index (χ0n) is 7.92. The number of esters is 1. The van der Waals surface area contributed by atoms with Crippen LogP contribution in [0.3, 0.4) is 0 Å². The summed E-state index contributed by atoms with van der Waals surface area (Å²) < 4.78 is 30.1. The predicted molar refractivity (Wildman–Crippen MR) is 52.8 cm³/mol. The van der Waals surface area contributed by atoms with Gasteiger partial charge in [0.2, 0.25) is 0 Å². The largest absolute Gasteiger partial charge is 0.461 e. The van der Waals surface area contributed by atoms with Gasteiger partial charge in [0, 0.05) is 10.9 Å². The molecule has 0 radical (unpaired) electrons. The van der Waals surface area contributed by atoms with Gasteiger partial charge < -0.3 is 4.74 Å². The van der Waals surface area contributed by atoms with Crippen molar-refractivity contribution in [2.24, 2.45) is 0 Å². The number of rotatable bonds is 2. The van der Waals surface area contributed by atoms with Gasteiger partial charge in [0.15, 0.2) is 0 Å². The van der Waals surface area contributed by atoms with Crippen LogP contribution in [-0.4, -0.2) is 18.5 Å². The Morgan fingerprint density at radius 2 is 2.40 bits per heavy atom. The maximum Gasteiger partial charge on any atom is 0.403 e. The fraction of sp³-hybridized carbons (Fsp3) is 0.300. The summed E-state index contributed by atoms with van der Waals surface area (Å²) in [5.41, 5.74) is 0.462. The van der Waals surface area contributed by atoms with E-state index in [1.54, 1.807) is 22.7 Å². The molecule has 0 aliphatic rings. The molecule has 0 fully saturated rings. The summed E-state index contributed by atoms with van der Waals surface area (Å²) in [5.74, 6) is -1.53. The van der Waals surface area contributed by atoms with Crippen LogP contribution in [0.1, 0.15) is 12.5 Å². The van der Waals surface area contributed by atoms with Gasteiger partial charge in [0.1, 0.15) is 0 Å². The summed E-state index contributed by atoms with van der Waals surface area (Å²) in [6.45, 7) is 1.37. The standard InChI is InChI=1S/C10H8F2O2S/c1-2-14-9(13)10(11,12)5-3-8-4-6-15-7-8/h4,6-7H,2H2,1H3. The molecule has 0 spiro atoms. The highest BCUT2D eigenvalue weighted by Gasteiger charge is 2.38. The van der Waals surface area contributed by atoms with Crippen molar-refractivity contribution in [2.45, 2.75) is 12.8 Å². The van der Waals surface area contributed by atoms with Crippen molar-refractivity contribution in [3.63, 3.8) is 0 Å². The second-order valence-corrected chi connectivity index (χ2v) is 3.34. The van der Waals surface area contributed by atoms with E-state index in [4.69, 9.17) is 0 Å². The van der Waals surface area contributed by atoms with E-state index >= 15 is 0 Å². The van der Waals surface area contributed by atoms with E-state index < -0.39 is 11.9 Å². The van der Waals surface area contributed by atoms with Crippen LogP contribution in [0.15, 0.2) is 16.8 Å². The van der Waals surface area contributed by atoms with Crippen molar-refractivity contribution < 1.29 is 18.3 Å². The average molecular weight is 230 g/mol. The summed E-state index contributed by atoms with van der Waals surface area (Å²) in [6.07, 6.45) is 0. The van der Waals surface area contributed by atoms with Crippen LogP contribution < -0.4 is 0 Å². The first-order valence-electron chi connectivity index (χ1n) is 4.16. The van der Waals surface area contributed by atoms with Gasteiger partial charge in [-0.25, -0.2) is 4.79 Å². The second-order valence-electron chi connectivity index (χ2n) is 2.56. The molecule has 1 aromatic rings. The number of ether oxygens (including phenoxy) is 1. The number of carbonyl (C=O) groups excluding carboxylic acids is 1. The van der Waals surface area contributed by atoms with E-state index in [9.17, 15) is 13.6 Å². The van der Waals surface area contributed by atoms with Crippen LogP contribution in [0, 0.1) is 11.8 Å². The molecular formula is C10H8F2O2S. The van der Waals surface area contributed by atoms with Crippen molar-refractivity contribution in [3.05, 3.63) is 22.4 Å². The molecule has 1 aromatic heterocycles. The van der Waals surface area contributed by atoms with E-state index in [0.29, 0.717) is 5.56 Å². The Labute approximate surface area is 89.9 Å². The molecule has 0 saturated heterocycles. The van der Waals surface area contributed by atoms with Crippen LogP contribution in [-0.2, 0) is 9.53 Å². The monoisotopic (exact) mass is 230 g/mol. The van der Waals surface area contributed by atoms with Crippen molar-refractivity contribution in [3.8, 4) is 11.8 Å². The van der Waals surface area contributed by atoms with E-state index in [0.717, 1.165) is 0 Å². The molecule has 0 unspecified atom stereocenters. The number of halogens is 2. The second kappa shape index (κ2) is 4.89. The molecule has 0 saturated carbocycles. The Morgan fingerprint density at radius 3 is 2.93 bits per heavy atom. The van der Waals surface area contributed by atoms with Crippen molar-refractivity contribution in [1.29, 1.82) is 0 Å². The lowest BCUT2D eigenvalue weighted by Crippen LogP contribution is -2.28. The highest BCUT2D eigenvalue weighted by molar-refractivity contribution is 7.08. The third kappa shape index (κ3) is 3.33. The number of hydrogen-bond donors (Lipinski definition) is 0. The number of alkyl halides is 2. The SMILES string of the molecule is CCOC(=O)C(F)(F)C#Cc1ccsc1. The molecule has 2 nitrogen and oxygen atoms in total. The minimum atomic E-state index is -3.74. The van der Waals surface area contributed by atoms with E-state index in [2.05, 4.69) is 10.7 Å². The van der Waals surface area contributed by atoms with Crippen LogP contribution in [0.5, 0.6) is 0 Å². The lowest BCUT2D eigenvalue weighted by molar-refractivity contribution is -0.163. The molecule has 0 aromatic carbocycles. The first-order valence-corrected chi connectivity index (χ1v) is 5.11. The number of hydrogen-bond acceptors (Lipinski definition) is 3. The molecule has 0 amide bonds. The minimum absolute atomic E-state index is 0.0887. The Kier molecular flexibility index (Phi) is 3.81. The number of thiophene rings is 1. The van der Waals surface area contributed by atoms with Crippen molar-refractivity contribution in [2.75, 3.05) is 6.61 Å².